The Labute approximate surface area is 94.8 Å². The minimum atomic E-state index is -0.453. The maximum atomic E-state index is 10.8. The summed E-state index contributed by atoms with van der Waals surface area (Å²) in [6.45, 7) is 6.03. The topological polar surface area (TPSA) is 35.5 Å². The lowest BCUT2D eigenvalue weighted by molar-refractivity contribution is -0.137. The number of carbonyl (C=O) groups excluding carboxylic acids is 1. The van der Waals surface area contributed by atoms with Gasteiger partial charge in [0.2, 0.25) is 0 Å². The van der Waals surface area contributed by atoms with E-state index in [2.05, 4.69) is 13.5 Å². The van der Waals surface area contributed by atoms with E-state index in [9.17, 15) is 4.79 Å². The third-order valence-electron chi connectivity index (χ3n) is 2.31. The highest BCUT2D eigenvalue weighted by Gasteiger charge is 2.09. The van der Waals surface area contributed by atoms with E-state index in [4.69, 9.17) is 9.16 Å². The van der Waals surface area contributed by atoms with Crippen molar-refractivity contribution in [2.45, 2.75) is 38.1 Å². The van der Waals surface area contributed by atoms with E-state index in [0.717, 1.165) is 6.42 Å². The van der Waals surface area contributed by atoms with Gasteiger partial charge in [-0.25, -0.2) is 4.79 Å². The SMILES string of the molecule is C=CC(=O)OCCC(CCCC)[SiH2]OC. The summed E-state index contributed by atoms with van der Waals surface area (Å²) >= 11 is 0. The van der Waals surface area contributed by atoms with Gasteiger partial charge in [-0.05, 0) is 12.0 Å². The molecule has 0 amide bonds. The minimum Gasteiger partial charge on any atom is -0.463 e. The van der Waals surface area contributed by atoms with Crippen LogP contribution in [0.25, 0.3) is 0 Å². The van der Waals surface area contributed by atoms with Crippen LogP contribution < -0.4 is 0 Å². The standard InChI is InChI=1S/C11H22O3Si/c1-4-6-7-10(15-13-3)8-9-14-11(12)5-2/h5,10H,2,4,6-9,15H2,1,3H3. The summed E-state index contributed by atoms with van der Waals surface area (Å²) in [5.41, 5.74) is 0.632. The Morgan fingerprint density at radius 3 is 2.80 bits per heavy atom. The van der Waals surface area contributed by atoms with E-state index in [0.29, 0.717) is 12.1 Å². The van der Waals surface area contributed by atoms with Gasteiger partial charge < -0.3 is 9.16 Å². The van der Waals surface area contributed by atoms with Gasteiger partial charge in [-0.2, -0.15) is 0 Å². The molecule has 3 nitrogen and oxygen atoms in total. The van der Waals surface area contributed by atoms with Crippen molar-refractivity contribution in [1.29, 1.82) is 0 Å². The highest BCUT2D eigenvalue weighted by atomic mass is 28.2. The van der Waals surface area contributed by atoms with Crippen LogP contribution in [0.2, 0.25) is 5.54 Å². The van der Waals surface area contributed by atoms with Gasteiger partial charge in [0.15, 0.2) is 9.76 Å². The predicted molar refractivity (Wildman–Crippen MR) is 64.6 cm³/mol. The van der Waals surface area contributed by atoms with Crippen molar-refractivity contribution in [2.75, 3.05) is 13.7 Å². The van der Waals surface area contributed by atoms with Gasteiger partial charge in [-0.1, -0.05) is 32.8 Å². The van der Waals surface area contributed by atoms with E-state index in [1.165, 1.54) is 25.3 Å². The summed E-state index contributed by atoms with van der Waals surface area (Å²) in [4.78, 5) is 10.8. The quantitative estimate of drug-likeness (QED) is 0.344. The van der Waals surface area contributed by atoms with Crippen LogP contribution in [0.3, 0.4) is 0 Å². The average Bonchev–Trinajstić information content (AvgIpc) is 2.25. The Kier molecular flexibility index (Phi) is 9.52. The lowest BCUT2D eigenvalue weighted by Crippen LogP contribution is -2.11. The first-order chi connectivity index (χ1) is 7.24. The fourth-order valence-electron chi connectivity index (χ4n) is 1.42. The van der Waals surface area contributed by atoms with E-state index >= 15 is 0 Å². The lowest BCUT2D eigenvalue weighted by atomic mass is 10.1. The Morgan fingerprint density at radius 2 is 2.27 bits per heavy atom. The molecule has 0 radical (unpaired) electrons. The first kappa shape index (κ1) is 14.4. The number of carbonyl (C=O) groups is 1. The van der Waals surface area contributed by atoms with Gasteiger partial charge >= 0.3 is 5.97 Å². The predicted octanol–water partition coefficient (Wildman–Crippen LogP) is 1.81. The first-order valence-electron chi connectivity index (χ1n) is 5.52. The maximum absolute atomic E-state index is 10.8. The number of unbranched alkanes of at least 4 members (excludes halogenated alkanes) is 1. The van der Waals surface area contributed by atoms with Crippen LogP contribution in [-0.2, 0) is 14.0 Å². The van der Waals surface area contributed by atoms with Crippen LogP contribution in [-0.4, -0.2) is 29.4 Å². The lowest BCUT2D eigenvalue weighted by Gasteiger charge is -2.14. The zero-order valence-electron chi connectivity index (χ0n) is 9.83. The molecule has 0 spiro atoms. The fraction of sp³-hybridized carbons (Fsp3) is 0.727. The first-order valence-corrected chi connectivity index (χ1v) is 6.92. The minimum absolute atomic E-state index is 0.330. The number of ether oxygens (including phenoxy) is 1. The van der Waals surface area contributed by atoms with Crippen LogP contribution in [0, 0.1) is 0 Å². The molecule has 0 aromatic carbocycles. The van der Waals surface area contributed by atoms with Crippen molar-refractivity contribution in [3.05, 3.63) is 12.7 Å². The molecule has 0 rings (SSSR count). The second kappa shape index (κ2) is 9.92. The van der Waals surface area contributed by atoms with Gasteiger partial charge in [0.05, 0.1) is 6.61 Å². The Morgan fingerprint density at radius 1 is 1.53 bits per heavy atom. The monoisotopic (exact) mass is 230 g/mol. The molecule has 0 aromatic rings. The Hall–Kier alpha value is -0.613. The molecule has 0 saturated carbocycles. The molecular formula is C11H22O3Si. The van der Waals surface area contributed by atoms with Crippen molar-refractivity contribution in [3.63, 3.8) is 0 Å². The van der Waals surface area contributed by atoms with E-state index < -0.39 is 9.76 Å². The molecule has 4 heteroatoms. The molecular weight excluding hydrogens is 208 g/mol. The average molecular weight is 230 g/mol. The summed E-state index contributed by atoms with van der Waals surface area (Å²) in [6.07, 6.45) is 5.77. The molecule has 88 valence electrons. The number of esters is 1. The summed E-state index contributed by atoms with van der Waals surface area (Å²) in [6, 6.07) is 0. The van der Waals surface area contributed by atoms with Crippen molar-refractivity contribution < 1.29 is 14.0 Å². The van der Waals surface area contributed by atoms with E-state index in [1.54, 1.807) is 7.11 Å². The van der Waals surface area contributed by atoms with Gasteiger partial charge in [-0.3, -0.25) is 0 Å². The molecule has 0 aliphatic rings. The van der Waals surface area contributed by atoms with Crippen molar-refractivity contribution in [3.8, 4) is 0 Å². The Bertz CT molecular complexity index is 183. The van der Waals surface area contributed by atoms with Gasteiger partial charge in [0, 0.05) is 13.2 Å². The molecule has 0 heterocycles. The molecule has 0 fully saturated rings. The third kappa shape index (κ3) is 8.39. The Balaban J connectivity index is 3.64. The highest BCUT2D eigenvalue weighted by Crippen LogP contribution is 2.18. The summed E-state index contributed by atoms with van der Waals surface area (Å²) in [5, 5.41) is 0. The van der Waals surface area contributed by atoms with Crippen LogP contribution in [0.15, 0.2) is 12.7 Å². The molecule has 0 saturated heterocycles. The molecule has 0 aliphatic heterocycles. The summed E-state index contributed by atoms with van der Waals surface area (Å²) in [7, 11) is 1.31. The van der Waals surface area contributed by atoms with Crippen LogP contribution >= 0.6 is 0 Å². The normalized spacial score (nSPS) is 12.9. The van der Waals surface area contributed by atoms with Crippen LogP contribution in [0.4, 0.5) is 0 Å². The zero-order valence-corrected chi connectivity index (χ0v) is 11.2. The van der Waals surface area contributed by atoms with Gasteiger partial charge in [-0.15, -0.1) is 0 Å². The van der Waals surface area contributed by atoms with Gasteiger partial charge in [0.25, 0.3) is 0 Å². The van der Waals surface area contributed by atoms with Crippen molar-refractivity contribution >= 4 is 15.7 Å². The van der Waals surface area contributed by atoms with Crippen molar-refractivity contribution in [1.82, 2.24) is 0 Å². The maximum Gasteiger partial charge on any atom is 0.330 e. The molecule has 15 heavy (non-hydrogen) atoms. The zero-order chi connectivity index (χ0) is 11.5. The van der Waals surface area contributed by atoms with Crippen molar-refractivity contribution in [2.24, 2.45) is 0 Å². The molecule has 0 N–H and O–H groups in total. The van der Waals surface area contributed by atoms with Gasteiger partial charge in [0.1, 0.15) is 0 Å². The largest absolute Gasteiger partial charge is 0.463 e. The van der Waals surface area contributed by atoms with E-state index in [1.807, 2.05) is 0 Å². The number of hydrogen-bond acceptors (Lipinski definition) is 3. The highest BCUT2D eigenvalue weighted by molar-refractivity contribution is 6.29. The molecule has 0 aromatic heterocycles. The molecule has 0 bridgehead atoms. The molecule has 1 unspecified atom stereocenters. The number of rotatable bonds is 9. The number of hydrogen-bond donors (Lipinski definition) is 0. The summed E-state index contributed by atoms with van der Waals surface area (Å²) in [5.74, 6) is -0.330. The van der Waals surface area contributed by atoms with E-state index in [-0.39, 0.29) is 5.97 Å². The fourth-order valence-corrected chi connectivity index (χ4v) is 2.68. The molecule has 0 aliphatic carbocycles. The van der Waals surface area contributed by atoms with Crippen LogP contribution in [0.5, 0.6) is 0 Å². The van der Waals surface area contributed by atoms with Crippen LogP contribution in [0.1, 0.15) is 32.6 Å². The second-order valence-corrected chi connectivity index (χ2v) is 5.69. The third-order valence-corrected chi connectivity index (χ3v) is 3.93. The summed E-state index contributed by atoms with van der Waals surface area (Å²) < 4.78 is 10.2. The molecule has 1 atom stereocenters. The smallest absolute Gasteiger partial charge is 0.330 e. The second-order valence-electron chi connectivity index (χ2n) is 3.62.